The minimum absolute atomic E-state index is 0.0387. The van der Waals surface area contributed by atoms with Crippen LogP contribution in [0.4, 0.5) is 0 Å². The summed E-state index contributed by atoms with van der Waals surface area (Å²) in [6, 6.07) is 4.16. The van der Waals surface area contributed by atoms with Gasteiger partial charge in [-0.3, -0.25) is 9.59 Å². The van der Waals surface area contributed by atoms with Crippen LogP contribution in [0.5, 0.6) is 0 Å². The van der Waals surface area contributed by atoms with Gasteiger partial charge in [-0.2, -0.15) is 0 Å². The van der Waals surface area contributed by atoms with Crippen LogP contribution in [-0.2, 0) is 16.0 Å². The molecule has 5 nitrogen and oxygen atoms in total. The highest BCUT2D eigenvalue weighted by atomic mass is 16.3. The average molecular weight is 346 g/mol. The van der Waals surface area contributed by atoms with Gasteiger partial charge in [0, 0.05) is 38.9 Å². The summed E-state index contributed by atoms with van der Waals surface area (Å²) in [5.74, 6) is 2.33. The predicted molar refractivity (Wildman–Crippen MR) is 96.0 cm³/mol. The van der Waals surface area contributed by atoms with Crippen molar-refractivity contribution < 1.29 is 14.0 Å². The SMILES string of the molecule is CCc1ccc([C@@H]2CCCCCN2C(=O)C2CCN(C(C)=O)CC2)o1. The minimum atomic E-state index is 0.0387. The van der Waals surface area contributed by atoms with Gasteiger partial charge in [-0.1, -0.05) is 19.8 Å². The van der Waals surface area contributed by atoms with Gasteiger partial charge in [-0.05, 0) is 37.8 Å². The van der Waals surface area contributed by atoms with Crippen molar-refractivity contribution in [2.75, 3.05) is 19.6 Å². The van der Waals surface area contributed by atoms with E-state index < -0.39 is 0 Å². The smallest absolute Gasteiger partial charge is 0.226 e. The van der Waals surface area contributed by atoms with Crippen LogP contribution < -0.4 is 0 Å². The Kier molecular flexibility index (Phi) is 5.82. The molecule has 2 aliphatic rings. The van der Waals surface area contributed by atoms with Crippen LogP contribution in [0.25, 0.3) is 0 Å². The normalized spacial score (nSPS) is 22.7. The number of amides is 2. The molecule has 1 atom stereocenters. The topological polar surface area (TPSA) is 53.8 Å². The molecule has 2 fully saturated rings. The predicted octanol–water partition coefficient (Wildman–Crippen LogP) is 3.54. The quantitative estimate of drug-likeness (QED) is 0.841. The first-order valence-corrected chi connectivity index (χ1v) is 9.74. The Morgan fingerprint density at radius 3 is 2.48 bits per heavy atom. The van der Waals surface area contributed by atoms with Crippen molar-refractivity contribution in [2.24, 2.45) is 5.92 Å². The maximum Gasteiger partial charge on any atom is 0.226 e. The van der Waals surface area contributed by atoms with Crippen molar-refractivity contribution in [2.45, 2.75) is 64.8 Å². The van der Waals surface area contributed by atoms with E-state index in [1.165, 1.54) is 6.42 Å². The standard InChI is InChI=1S/C20H30N2O3/c1-3-17-8-9-19(25-17)18-7-5-4-6-12-22(18)20(24)16-10-13-21(14-11-16)15(2)23/h8-9,16,18H,3-7,10-14H2,1-2H3/t18-/m0/s1. The van der Waals surface area contributed by atoms with Crippen LogP contribution >= 0.6 is 0 Å². The molecular weight excluding hydrogens is 316 g/mol. The van der Waals surface area contributed by atoms with E-state index >= 15 is 0 Å². The molecule has 0 aromatic carbocycles. The number of nitrogens with zero attached hydrogens (tertiary/aromatic N) is 2. The Morgan fingerprint density at radius 1 is 1.08 bits per heavy atom. The number of piperidine rings is 1. The number of carbonyl (C=O) groups excluding carboxylic acids is 2. The molecule has 2 aliphatic heterocycles. The zero-order chi connectivity index (χ0) is 17.8. The van der Waals surface area contributed by atoms with Crippen molar-refractivity contribution in [1.29, 1.82) is 0 Å². The third-order valence-electron chi connectivity index (χ3n) is 5.68. The van der Waals surface area contributed by atoms with E-state index in [4.69, 9.17) is 4.42 Å². The summed E-state index contributed by atoms with van der Waals surface area (Å²) < 4.78 is 6.00. The lowest BCUT2D eigenvalue weighted by atomic mass is 9.94. The Hall–Kier alpha value is -1.78. The Labute approximate surface area is 150 Å². The molecule has 1 aromatic heterocycles. The van der Waals surface area contributed by atoms with E-state index in [1.807, 2.05) is 17.0 Å². The highest BCUT2D eigenvalue weighted by molar-refractivity contribution is 5.80. The number of aryl methyl sites for hydroxylation is 1. The minimum Gasteiger partial charge on any atom is -0.464 e. The fraction of sp³-hybridized carbons (Fsp3) is 0.700. The van der Waals surface area contributed by atoms with Crippen molar-refractivity contribution in [3.63, 3.8) is 0 Å². The average Bonchev–Trinajstić information content (AvgIpc) is 2.98. The first kappa shape index (κ1) is 18.0. The van der Waals surface area contributed by atoms with Crippen LogP contribution in [0, 0.1) is 5.92 Å². The summed E-state index contributed by atoms with van der Waals surface area (Å²) >= 11 is 0. The third-order valence-corrected chi connectivity index (χ3v) is 5.68. The van der Waals surface area contributed by atoms with Gasteiger partial charge >= 0.3 is 0 Å². The second-order valence-corrected chi connectivity index (χ2v) is 7.33. The summed E-state index contributed by atoms with van der Waals surface area (Å²) in [6.45, 7) is 5.91. The van der Waals surface area contributed by atoms with Crippen LogP contribution in [0.1, 0.15) is 69.9 Å². The Morgan fingerprint density at radius 2 is 1.84 bits per heavy atom. The van der Waals surface area contributed by atoms with Gasteiger partial charge in [-0.25, -0.2) is 0 Å². The van der Waals surface area contributed by atoms with Crippen LogP contribution in [0.15, 0.2) is 16.5 Å². The van der Waals surface area contributed by atoms with Gasteiger partial charge in [0.25, 0.3) is 0 Å². The van der Waals surface area contributed by atoms with E-state index in [-0.39, 0.29) is 23.8 Å². The lowest BCUT2D eigenvalue weighted by molar-refractivity contribution is -0.142. The molecule has 138 valence electrons. The number of carbonyl (C=O) groups is 2. The third kappa shape index (κ3) is 4.07. The van der Waals surface area contributed by atoms with Crippen LogP contribution in [-0.4, -0.2) is 41.2 Å². The first-order valence-electron chi connectivity index (χ1n) is 9.74. The molecule has 0 bridgehead atoms. The van der Waals surface area contributed by atoms with Gasteiger partial charge in [0.1, 0.15) is 11.5 Å². The van der Waals surface area contributed by atoms with Gasteiger partial charge in [0.05, 0.1) is 6.04 Å². The maximum absolute atomic E-state index is 13.2. The molecule has 1 aromatic rings. The lowest BCUT2D eigenvalue weighted by Crippen LogP contribution is -2.45. The Bertz CT molecular complexity index is 602. The Balaban J connectivity index is 1.72. The molecule has 0 aliphatic carbocycles. The molecule has 3 heterocycles. The lowest BCUT2D eigenvalue weighted by Gasteiger charge is -2.36. The van der Waals surface area contributed by atoms with Crippen molar-refractivity contribution in [3.05, 3.63) is 23.7 Å². The number of hydrogen-bond acceptors (Lipinski definition) is 3. The number of furan rings is 1. The van der Waals surface area contributed by atoms with Crippen molar-refractivity contribution in [3.8, 4) is 0 Å². The maximum atomic E-state index is 13.2. The highest BCUT2D eigenvalue weighted by Gasteiger charge is 2.34. The van der Waals surface area contributed by atoms with E-state index in [9.17, 15) is 9.59 Å². The number of hydrogen-bond donors (Lipinski definition) is 0. The molecule has 0 unspecified atom stereocenters. The summed E-state index contributed by atoms with van der Waals surface area (Å²) in [7, 11) is 0. The van der Waals surface area contributed by atoms with Crippen molar-refractivity contribution >= 4 is 11.8 Å². The molecule has 3 rings (SSSR count). The largest absolute Gasteiger partial charge is 0.464 e. The molecule has 0 spiro atoms. The molecule has 0 radical (unpaired) electrons. The molecule has 2 amide bonds. The molecule has 0 saturated carbocycles. The first-order chi connectivity index (χ1) is 12.1. The summed E-state index contributed by atoms with van der Waals surface area (Å²) in [6.07, 6.45) is 6.79. The highest BCUT2D eigenvalue weighted by Crippen LogP contribution is 2.34. The summed E-state index contributed by atoms with van der Waals surface area (Å²) in [5.41, 5.74) is 0. The number of rotatable bonds is 3. The molecule has 0 N–H and O–H groups in total. The van der Waals surface area contributed by atoms with Gasteiger partial charge in [0.15, 0.2) is 0 Å². The van der Waals surface area contributed by atoms with E-state index in [2.05, 4.69) is 11.8 Å². The molecule has 2 saturated heterocycles. The zero-order valence-electron chi connectivity index (χ0n) is 15.5. The van der Waals surface area contributed by atoms with Crippen LogP contribution in [0.3, 0.4) is 0 Å². The van der Waals surface area contributed by atoms with E-state index in [0.29, 0.717) is 13.1 Å². The van der Waals surface area contributed by atoms with Crippen molar-refractivity contribution in [1.82, 2.24) is 9.80 Å². The summed E-state index contributed by atoms with van der Waals surface area (Å²) in [4.78, 5) is 28.7. The number of likely N-dealkylation sites (tertiary alicyclic amines) is 2. The summed E-state index contributed by atoms with van der Waals surface area (Å²) in [5, 5.41) is 0. The molecule has 25 heavy (non-hydrogen) atoms. The van der Waals surface area contributed by atoms with Gasteiger partial charge in [-0.15, -0.1) is 0 Å². The van der Waals surface area contributed by atoms with E-state index in [1.54, 1.807) is 6.92 Å². The molecular formula is C20H30N2O3. The fourth-order valence-corrected chi connectivity index (χ4v) is 4.11. The zero-order valence-corrected chi connectivity index (χ0v) is 15.5. The van der Waals surface area contributed by atoms with Crippen LogP contribution in [0.2, 0.25) is 0 Å². The van der Waals surface area contributed by atoms with Gasteiger partial charge < -0.3 is 14.2 Å². The van der Waals surface area contributed by atoms with Gasteiger partial charge in [0.2, 0.25) is 11.8 Å². The second-order valence-electron chi connectivity index (χ2n) is 7.33. The fourth-order valence-electron chi connectivity index (χ4n) is 4.11. The monoisotopic (exact) mass is 346 g/mol. The second kappa shape index (κ2) is 8.07. The van der Waals surface area contributed by atoms with E-state index in [0.717, 1.165) is 56.6 Å². The molecule has 5 heteroatoms.